The van der Waals surface area contributed by atoms with E-state index in [1.54, 1.807) is 13.8 Å². The summed E-state index contributed by atoms with van der Waals surface area (Å²) in [6, 6.07) is 0. The molecule has 0 aromatic rings. The van der Waals surface area contributed by atoms with Crippen molar-refractivity contribution in [2.45, 2.75) is 13.8 Å². The molecule has 0 fully saturated rings. The first-order valence-electron chi connectivity index (χ1n) is 4.14. The van der Waals surface area contributed by atoms with Crippen molar-refractivity contribution in [1.82, 2.24) is 0 Å². The second kappa shape index (κ2) is 60.5. The van der Waals surface area contributed by atoms with Gasteiger partial charge in [0, 0.05) is 0 Å². The van der Waals surface area contributed by atoms with Crippen molar-refractivity contribution in [2.75, 3.05) is 13.2 Å². The van der Waals surface area contributed by atoms with Gasteiger partial charge in [-0.25, -0.2) is 9.59 Å². The van der Waals surface area contributed by atoms with Crippen LogP contribution in [0.5, 0.6) is 0 Å². The van der Waals surface area contributed by atoms with Gasteiger partial charge in [0.1, 0.15) is 0 Å². The molecule has 2 amide bonds. The summed E-state index contributed by atoms with van der Waals surface area (Å²) in [7, 11) is 0. The molecule has 0 atom stereocenters. The van der Waals surface area contributed by atoms with Gasteiger partial charge in [-0.2, -0.15) is 0 Å². The van der Waals surface area contributed by atoms with Crippen molar-refractivity contribution in [3.8, 4) is 0 Å². The number of hydrogen-bond donors (Lipinski definition) is 2. The summed E-state index contributed by atoms with van der Waals surface area (Å²) < 4.78 is 8.36. The maximum atomic E-state index is 9.60. The molecular weight excluding hydrogens is 590 g/mol. The van der Waals surface area contributed by atoms with Gasteiger partial charge < -0.3 is 45.4 Å². The fraction of sp³-hybridized carbons (Fsp3) is 0.400. The Kier molecular flexibility index (Phi) is 123. The summed E-state index contributed by atoms with van der Waals surface area (Å²) >= 11 is 6.39. The molecule has 0 aromatic heterocycles. The van der Waals surface area contributed by atoms with E-state index < -0.39 is 12.2 Å². The predicted molar refractivity (Wildman–Crippen MR) is 86.6 cm³/mol. The van der Waals surface area contributed by atoms with Crippen LogP contribution in [0.15, 0.2) is 0 Å². The summed E-state index contributed by atoms with van der Waals surface area (Å²) in [5.41, 5.74) is 9.08. The normalized spacial score (nSPS) is 5.52. The molecule has 0 unspecified atom stereocenters. The number of carbonyl (C=O) groups excluding carboxylic acids is 4. The minimum Gasteiger partial charge on any atom is -0.545 e. The Morgan fingerprint density at radius 3 is 1.05 bits per heavy atom. The standard InChI is InChI=1S/2C3H7NO2.2CHO.2CH3.2BrH.Re/c2*1-2-6-3(4)5;2*1-2;;;;;/h2*2H2,1H3,(H2,4,5);2*1H;2*1H3;2*1H;/q;;4*-1;;;+2/p-2. The molecule has 0 saturated heterocycles. The fourth-order valence-corrected chi connectivity index (χ4v) is 0.285. The van der Waals surface area contributed by atoms with Gasteiger partial charge >= 0.3 is 53.0 Å². The molecule has 0 rings (SSSR count). The number of carbonyl (C=O) groups is 2. The molecule has 0 aliphatic heterocycles. The van der Waals surface area contributed by atoms with Crippen LogP contribution in [-0.2, 0) is 33.0 Å². The quantitative estimate of drug-likeness (QED) is 0.363. The molecule has 0 radical (unpaired) electrons. The van der Waals surface area contributed by atoms with Crippen molar-refractivity contribution < 1.29 is 42.6 Å². The molecule has 4 N–H and O–H groups in total. The molecular formula is C10H22Br2N2O6Re-4. The molecule has 0 spiro atoms. The Labute approximate surface area is 148 Å². The Balaban J connectivity index is -0.0000000247. The van der Waals surface area contributed by atoms with Gasteiger partial charge in [0.25, 0.3) is 0 Å². The van der Waals surface area contributed by atoms with E-state index in [1.807, 2.05) is 0 Å². The zero-order valence-corrected chi connectivity index (χ0v) is 18.2. The fourth-order valence-electron chi connectivity index (χ4n) is 0.285. The van der Waals surface area contributed by atoms with Gasteiger partial charge in [-0.15, -0.1) is 0 Å². The van der Waals surface area contributed by atoms with Crippen LogP contribution in [0.4, 0.5) is 9.59 Å². The topological polar surface area (TPSA) is 139 Å². The van der Waals surface area contributed by atoms with E-state index in [9.17, 15) is 9.59 Å². The van der Waals surface area contributed by atoms with E-state index in [0.717, 1.165) is 0 Å². The van der Waals surface area contributed by atoms with Crippen molar-refractivity contribution in [1.29, 1.82) is 0 Å². The average Bonchev–Trinajstić information content (AvgIpc) is 2.35. The smallest absolute Gasteiger partial charge is 0.282 e. The average molecular weight is 612 g/mol. The van der Waals surface area contributed by atoms with Crippen molar-refractivity contribution in [3.63, 3.8) is 0 Å². The minimum absolute atomic E-state index is 0. The molecule has 0 aliphatic rings. The molecule has 0 aliphatic carbocycles. The Hall–Kier alpha value is -0.498. The second-order valence-electron chi connectivity index (χ2n) is 1.56. The van der Waals surface area contributed by atoms with Gasteiger partial charge in [0.15, 0.2) is 0 Å². The molecule has 0 aromatic carbocycles. The maximum absolute atomic E-state index is 9.60. The van der Waals surface area contributed by atoms with Crippen LogP contribution in [0.3, 0.4) is 0 Å². The maximum Gasteiger partial charge on any atom is -0.282 e. The van der Waals surface area contributed by atoms with Crippen LogP contribution < -0.4 is 11.5 Å². The third kappa shape index (κ3) is 197. The van der Waals surface area contributed by atoms with Gasteiger partial charge in [-0.1, -0.05) is 0 Å². The summed E-state index contributed by atoms with van der Waals surface area (Å²) in [5, 5.41) is 0. The first kappa shape index (κ1) is 42.8. The molecule has 133 valence electrons. The van der Waals surface area contributed by atoms with Gasteiger partial charge in [-0.3, -0.25) is 13.6 Å². The Morgan fingerprint density at radius 2 is 1.05 bits per heavy atom. The number of hydrogen-bond acceptors (Lipinski definition) is 6. The SMILES string of the molecule is CCOC(N)=O.CCOC(N)=O.[Br][Re][Br].[CH-]=O.[CH-]=O.[CH3-].[CH3-]. The minimum atomic E-state index is -0.711. The summed E-state index contributed by atoms with van der Waals surface area (Å²) in [6.45, 7) is 10.6. The largest absolute Gasteiger partial charge is 0.545 e. The number of halogens is 2. The number of nitrogens with two attached hydrogens (primary N) is 2. The van der Waals surface area contributed by atoms with E-state index in [0.29, 0.717) is 13.2 Å². The summed E-state index contributed by atoms with van der Waals surface area (Å²) in [4.78, 5) is 34.7. The van der Waals surface area contributed by atoms with Gasteiger partial charge in [-0.05, 0) is 13.8 Å². The number of rotatable bonds is 2. The van der Waals surface area contributed by atoms with E-state index >= 15 is 0 Å². The summed E-state index contributed by atoms with van der Waals surface area (Å²) in [6.07, 6.45) is -1.42. The zero-order chi connectivity index (χ0) is 16.7. The number of ether oxygens (including phenoxy) is 2. The van der Waals surface area contributed by atoms with Crippen molar-refractivity contribution >= 4 is 52.6 Å². The van der Waals surface area contributed by atoms with Crippen LogP contribution in [0.1, 0.15) is 13.8 Å². The van der Waals surface area contributed by atoms with Crippen molar-refractivity contribution in [2.24, 2.45) is 11.5 Å². The summed E-state index contributed by atoms with van der Waals surface area (Å²) in [5.74, 6) is 0. The van der Waals surface area contributed by atoms with Gasteiger partial charge in [0.2, 0.25) is 0 Å². The molecule has 0 heterocycles. The molecule has 21 heavy (non-hydrogen) atoms. The van der Waals surface area contributed by atoms with Crippen LogP contribution in [0, 0.1) is 14.9 Å². The van der Waals surface area contributed by atoms with Crippen molar-refractivity contribution in [3.05, 3.63) is 14.9 Å². The molecule has 8 nitrogen and oxygen atoms in total. The predicted octanol–water partition coefficient (Wildman–Crippen LogP) is 2.24. The molecule has 0 saturated carbocycles. The molecule has 0 bridgehead atoms. The zero-order valence-electron chi connectivity index (χ0n) is 12.3. The molecule has 11 heteroatoms. The van der Waals surface area contributed by atoms with Crippen LogP contribution in [-0.4, -0.2) is 39.0 Å². The Bertz CT molecular complexity index is 175. The van der Waals surface area contributed by atoms with Crippen LogP contribution in [0.25, 0.3) is 0 Å². The van der Waals surface area contributed by atoms with Gasteiger partial charge in [0.05, 0.1) is 13.2 Å². The Morgan fingerprint density at radius 1 is 0.905 bits per heavy atom. The second-order valence-corrected chi connectivity index (χ2v) is 13.4. The van der Waals surface area contributed by atoms with Crippen LogP contribution >= 0.6 is 26.9 Å². The van der Waals surface area contributed by atoms with Crippen LogP contribution in [0.2, 0.25) is 0 Å². The van der Waals surface area contributed by atoms with E-state index in [2.05, 4.69) is 61.4 Å². The number of primary amides is 2. The third-order valence-electron chi connectivity index (χ3n) is 0.573. The first-order chi connectivity index (χ1) is 8.95. The first-order valence-corrected chi connectivity index (χ1v) is 16.0. The monoisotopic (exact) mass is 611 g/mol. The van der Waals surface area contributed by atoms with E-state index in [1.165, 1.54) is 0 Å². The van der Waals surface area contributed by atoms with E-state index in [4.69, 9.17) is 9.59 Å². The third-order valence-corrected chi connectivity index (χ3v) is 0.573. The van der Waals surface area contributed by atoms with E-state index in [-0.39, 0.29) is 28.8 Å². The number of amides is 2.